The first kappa shape index (κ1) is 13.3. The predicted octanol–water partition coefficient (Wildman–Crippen LogP) is 4.00. The Balaban J connectivity index is 1.81. The fraction of sp³-hybridized carbons (Fsp3) is 0.111. The summed E-state index contributed by atoms with van der Waals surface area (Å²) < 4.78 is 0. The fourth-order valence-corrected chi connectivity index (χ4v) is 1.92. The van der Waals surface area contributed by atoms with Crippen LogP contribution in [0.3, 0.4) is 0 Å². The third-order valence-corrected chi connectivity index (χ3v) is 3.04. The first-order chi connectivity index (χ1) is 9.27. The highest BCUT2D eigenvalue weighted by molar-refractivity contribution is 5.67. The van der Waals surface area contributed by atoms with E-state index >= 15 is 0 Å². The number of rotatable bonds is 6. The summed E-state index contributed by atoms with van der Waals surface area (Å²) in [6.07, 6.45) is 0. The highest BCUT2D eigenvalue weighted by atomic mass is 14.8. The zero-order valence-corrected chi connectivity index (χ0v) is 11.1. The van der Waals surface area contributed by atoms with E-state index < -0.39 is 0 Å². The third kappa shape index (κ3) is 3.94. The van der Waals surface area contributed by atoms with Crippen LogP contribution in [0.25, 0.3) is 11.1 Å². The molecule has 0 saturated heterocycles. The Bertz CT molecular complexity index is 489. The van der Waals surface area contributed by atoms with Gasteiger partial charge in [0.05, 0.1) is 0 Å². The molecular weight excluding hydrogens is 230 g/mol. The second-order valence-electron chi connectivity index (χ2n) is 4.54. The maximum Gasteiger partial charge on any atom is 0.0208 e. The maximum atomic E-state index is 4.10. The molecule has 0 aliphatic carbocycles. The van der Waals surface area contributed by atoms with Crippen molar-refractivity contribution in [2.24, 2.45) is 0 Å². The summed E-state index contributed by atoms with van der Waals surface area (Å²) >= 11 is 0. The van der Waals surface area contributed by atoms with Crippen LogP contribution in [0, 0.1) is 0 Å². The topological polar surface area (TPSA) is 12.0 Å². The van der Waals surface area contributed by atoms with E-state index in [1.165, 1.54) is 11.1 Å². The minimum atomic E-state index is 0.774. The van der Waals surface area contributed by atoms with Gasteiger partial charge in [-0.05, 0) is 22.3 Å². The second-order valence-corrected chi connectivity index (χ2v) is 4.54. The van der Waals surface area contributed by atoms with Crippen LogP contribution in [-0.4, -0.2) is 13.1 Å². The summed E-state index contributed by atoms with van der Waals surface area (Å²) in [6, 6.07) is 20.5. The summed E-state index contributed by atoms with van der Waals surface area (Å²) in [5.74, 6) is 0. The van der Waals surface area contributed by atoms with Gasteiger partial charge in [0, 0.05) is 13.1 Å². The van der Waals surface area contributed by atoms with E-state index in [9.17, 15) is 0 Å². The van der Waals surface area contributed by atoms with E-state index in [4.69, 9.17) is 0 Å². The minimum Gasteiger partial charge on any atom is -0.309 e. The van der Waals surface area contributed by atoms with Crippen molar-refractivity contribution in [3.63, 3.8) is 0 Å². The van der Waals surface area contributed by atoms with Crippen LogP contribution in [0.15, 0.2) is 73.8 Å². The summed E-state index contributed by atoms with van der Waals surface area (Å²) in [5.41, 5.74) is 4.56. The van der Waals surface area contributed by atoms with Gasteiger partial charge >= 0.3 is 0 Å². The Morgan fingerprint density at radius 3 is 1.42 bits per heavy atom. The molecule has 0 aromatic heterocycles. The molecule has 0 saturated carbocycles. The van der Waals surface area contributed by atoms with Gasteiger partial charge < -0.3 is 5.32 Å². The van der Waals surface area contributed by atoms with Crippen molar-refractivity contribution < 1.29 is 0 Å². The van der Waals surface area contributed by atoms with Crippen molar-refractivity contribution in [3.8, 4) is 0 Å². The van der Waals surface area contributed by atoms with Crippen LogP contribution in [0.5, 0.6) is 0 Å². The fourth-order valence-electron chi connectivity index (χ4n) is 1.92. The van der Waals surface area contributed by atoms with Crippen LogP contribution in [-0.2, 0) is 0 Å². The first-order valence-corrected chi connectivity index (χ1v) is 6.44. The molecule has 0 aliphatic heterocycles. The Kier molecular flexibility index (Phi) is 4.71. The van der Waals surface area contributed by atoms with E-state index in [1.807, 2.05) is 36.4 Å². The van der Waals surface area contributed by atoms with Gasteiger partial charge in [0.2, 0.25) is 0 Å². The zero-order valence-electron chi connectivity index (χ0n) is 11.1. The third-order valence-electron chi connectivity index (χ3n) is 3.04. The van der Waals surface area contributed by atoms with Crippen LogP contribution >= 0.6 is 0 Å². The molecule has 2 rings (SSSR count). The maximum absolute atomic E-state index is 4.10. The molecule has 19 heavy (non-hydrogen) atoms. The van der Waals surface area contributed by atoms with Crippen LogP contribution in [0.1, 0.15) is 11.1 Å². The van der Waals surface area contributed by atoms with Gasteiger partial charge in [-0.3, -0.25) is 0 Å². The normalized spacial score (nSPS) is 10.1. The van der Waals surface area contributed by atoms with Crippen molar-refractivity contribution in [2.75, 3.05) is 13.1 Å². The lowest BCUT2D eigenvalue weighted by atomic mass is 10.1. The molecule has 0 radical (unpaired) electrons. The van der Waals surface area contributed by atoms with Gasteiger partial charge in [0.25, 0.3) is 0 Å². The van der Waals surface area contributed by atoms with Gasteiger partial charge in [-0.2, -0.15) is 0 Å². The average Bonchev–Trinajstić information content (AvgIpc) is 2.49. The second kappa shape index (κ2) is 6.72. The highest BCUT2D eigenvalue weighted by Gasteiger charge is 2.00. The van der Waals surface area contributed by atoms with Crippen LogP contribution in [0.4, 0.5) is 0 Å². The SMILES string of the molecule is C=C(CNCC(=C)c1ccccc1)c1ccccc1. The van der Waals surface area contributed by atoms with Gasteiger partial charge in [-0.1, -0.05) is 73.8 Å². The Morgan fingerprint density at radius 2 is 1.05 bits per heavy atom. The number of benzene rings is 2. The molecule has 2 aromatic carbocycles. The van der Waals surface area contributed by atoms with Gasteiger partial charge in [-0.25, -0.2) is 0 Å². The summed E-state index contributed by atoms with van der Waals surface area (Å²) in [5, 5.41) is 3.38. The quantitative estimate of drug-likeness (QED) is 0.816. The number of nitrogens with one attached hydrogen (secondary N) is 1. The molecule has 0 bridgehead atoms. The van der Waals surface area contributed by atoms with Gasteiger partial charge in [0.1, 0.15) is 0 Å². The van der Waals surface area contributed by atoms with Crippen molar-refractivity contribution in [2.45, 2.75) is 0 Å². The molecule has 0 aliphatic rings. The monoisotopic (exact) mass is 249 g/mol. The number of hydrogen-bond donors (Lipinski definition) is 1. The molecule has 0 atom stereocenters. The molecule has 2 aromatic rings. The molecule has 0 unspecified atom stereocenters. The Morgan fingerprint density at radius 1 is 0.684 bits per heavy atom. The molecule has 96 valence electrons. The van der Waals surface area contributed by atoms with Gasteiger partial charge in [-0.15, -0.1) is 0 Å². The summed E-state index contributed by atoms with van der Waals surface area (Å²) in [7, 11) is 0. The van der Waals surface area contributed by atoms with E-state index in [1.54, 1.807) is 0 Å². The first-order valence-electron chi connectivity index (χ1n) is 6.44. The molecule has 1 heteroatoms. The molecule has 0 spiro atoms. The molecule has 0 amide bonds. The molecule has 1 N–H and O–H groups in total. The van der Waals surface area contributed by atoms with Crippen molar-refractivity contribution in [3.05, 3.63) is 84.9 Å². The van der Waals surface area contributed by atoms with Crippen molar-refractivity contribution in [1.29, 1.82) is 0 Å². The predicted molar refractivity (Wildman–Crippen MR) is 83.8 cm³/mol. The Hall–Kier alpha value is -2.12. The van der Waals surface area contributed by atoms with E-state index in [-0.39, 0.29) is 0 Å². The average molecular weight is 249 g/mol. The van der Waals surface area contributed by atoms with Gasteiger partial charge in [0.15, 0.2) is 0 Å². The summed E-state index contributed by atoms with van der Waals surface area (Å²) in [6.45, 7) is 9.75. The Labute approximate surface area is 115 Å². The van der Waals surface area contributed by atoms with E-state index in [2.05, 4.69) is 42.7 Å². The lowest BCUT2D eigenvalue weighted by molar-refractivity contribution is 0.864. The number of hydrogen-bond acceptors (Lipinski definition) is 1. The molecule has 0 heterocycles. The molecular formula is C18H19N. The molecule has 1 nitrogen and oxygen atoms in total. The smallest absolute Gasteiger partial charge is 0.0208 e. The molecule has 0 fully saturated rings. The van der Waals surface area contributed by atoms with Crippen molar-refractivity contribution >= 4 is 11.1 Å². The summed E-state index contributed by atoms with van der Waals surface area (Å²) in [4.78, 5) is 0. The van der Waals surface area contributed by atoms with E-state index in [0.717, 1.165) is 24.2 Å². The lowest BCUT2D eigenvalue weighted by Crippen LogP contribution is -2.18. The standard InChI is InChI=1S/C18H19N/c1-15(17-9-5-3-6-10-17)13-19-14-16(2)18-11-7-4-8-12-18/h3-12,19H,1-2,13-14H2. The largest absolute Gasteiger partial charge is 0.309 e. The zero-order chi connectivity index (χ0) is 13.5. The van der Waals surface area contributed by atoms with E-state index in [0.29, 0.717) is 0 Å². The van der Waals surface area contributed by atoms with Crippen LogP contribution < -0.4 is 5.32 Å². The van der Waals surface area contributed by atoms with Crippen LogP contribution in [0.2, 0.25) is 0 Å². The van der Waals surface area contributed by atoms with Crippen molar-refractivity contribution in [1.82, 2.24) is 5.32 Å². The lowest BCUT2D eigenvalue weighted by Gasteiger charge is -2.10. The highest BCUT2D eigenvalue weighted by Crippen LogP contribution is 2.12. The minimum absolute atomic E-state index is 0.774.